The Bertz CT molecular complexity index is 1850. The average molecular weight is 576 g/mol. The number of carbonyl (C=O) groups is 1. The molecular formula is C33H26ClN5OS. The van der Waals surface area contributed by atoms with Crippen molar-refractivity contribution in [1.29, 1.82) is 0 Å². The second kappa shape index (κ2) is 9.87. The molecule has 2 N–H and O–H groups in total. The number of aromatic amines is 1. The number of carbonyl (C=O) groups excluding carboxylic acids is 1. The van der Waals surface area contributed by atoms with E-state index in [4.69, 9.17) is 16.7 Å². The van der Waals surface area contributed by atoms with E-state index < -0.39 is 5.12 Å². The van der Waals surface area contributed by atoms with Crippen LogP contribution in [-0.4, -0.2) is 21.1 Å². The lowest BCUT2D eigenvalue weighted by atomic mass is 10.1. The van der Waals surface area contributed by atoms with Gasteiger partial charge in [-0.2, -0.15) is 5.10 Å². The first-order valence-corrected chi connectivity index (χ1v) is 14.5. The van der Waals surface area contributed by atoms with Crippen molar-refractivity contribution in [3.05, 3.63) is 136 Å². The first kappa shape index (κ1) is 25.5. The van der Waals surface area contributed by atoms with Crippen molar-refractivity contribution in [3.63, 3.8) is 0 Å². The maximum absolute atomic E-state index is 14.5. The Balaban J connectivity index is 1.42. The molecule has 1 saturated heterocycles. The van der Waals surface area contributed by atoms with Crippen LogP contribution in [0.1, 0.15) is 22.4 Å². The van der Waals surface area contributed by atoms with Crippen LogP contribution in [0.3, 0.4) is 0 Å². The zero-order valence-corrected chi connectivity index (χ0v) is 24.0. The van der Waals surface area contributed by atoms with Gasteiger partial charge in [0.1, 0.15) is 10.7 Å². The highest BCUT2D eigenvalue weighted by atomic mass is 35.5. The SMILES string of the molecule is Cc1ccc(N2C(=O)/C(=C/c3c(C)[nH]c4ccccc34)NC23SC(c2ccc(Cl)cc2)=NN3c2ccccc2)cc1. The van der Waals surface area contributed by atoms with E-state index in [1.807, 2.05) is 127 Å². The molecule has 1 atom stereocenters. The minimum Gasteiger partial charge on any atom is -0.358 e. The molecule has 8 heteroatoms. The number of hydrogen-bond donors (Lipinski definition) is 2. The van der Waals surface area contributed by atoms with E-state index in [1.165, 1.54) is 11.8 Å². The molecule has 0 bridgehead atoms. The number of thioether (sulfide) groups is 1. The number of nitrogens with zero attached hydrogens (tertiary/aromatic N) is 3. The third kappa shape index (κ3) is 4.29. The summed E-state index contributed by atoms with van der Waals surface area (Å²) in [4.78, 5) is 19.7. The molecule has 1 aromatic heterocycles. The number of halogens is 1. The number of hydrogen-bond acceptors (Lipinski definition) is 5. The molecule has 5 aromatic rings. The lowest BCUT2D eigenvalue weighted by molar-refractivity contribution is -0.114. The molecule has 1 amide bonds. The van der Waals surface area contributed by atoms with Crippen LogP contribution in [0.15, 0.2) is 114 Å². The molecule has 2 aliphatic heterocycles. The predicted octanol–water partition coefficient (Wildman–Crippen LogP) is 7.64. The largest absolute Gasteiger partial charge is 0.358 e. The zero-order valence-electron chi connectivity index (χ0n) is 22.4. The van der Waals surface area contributed by atoms with Gasteiger partial charge in [-0.3, -0.25) is 9.69 Å². The number of aromatic nitrogens is 1. The van der Waals surface area contributed by atoms with Crippen molar-refractivity contribution < 1.29 is 4.79 Å². The molecule has 4 aromatic carbocycles. The minimum absolute atomic E-state index is 0.139. The average Bonchev–Trinajstić information content (AvgIpc) is 3.61. The first-order chi connectivity index (χ1) is 19.9. The number of anilines is 2. The van der Waals surface area contributed by atoms with Crippen molar-refractivity contribution in [3.8, 4) is 0 Å². The maximum Gasteiger partial charge on any atom is 0.278 e. The van der Waals surface area contributed by atoms with Gasteiger partial charge in [0.05, 0.1) is 5.69 Å². The third-order valence-electron chi connectivity index (χ3n) is 7.37. The number of fused-ring (bicyclic) bond motifs is 1. The summed E-state index contributed by atoms with van der Waals surface area (Å²) in [5, 5.41) is 12.0. The molecule has 41 heavy (non-hydrogen) atoms. The van der Waals surface area contributed by atoms with Gasteiger partial charge in [0.25, 0.3) is 11.0 Å². The Morgan fingerprint density at radius 2 is 1.56 bits per heavy atom. The van der Waals surface area contributed by atoms with Gasteiger partial charge in [-0.25, -0.2) is 5.01 Å². The summed E-state index contributed by atoms with van der Waals surface area (Å²) in [7, 11) is 0. The molecule has 0 saturated carbocycles. The Hall–Kier alpha value is -4.46. The number of nitrogens with one attached hydrogen (secondary N) is 2. The van der Waals surface area contributed by atoms with Gasteiger partial charge < -0.3 is 10.3 Å². The van der Waals surface area contributed by atoms with E-state index in [2.05, 4.69) is 16.4 Å². The van der Waals surface area contributed by atoms with Crippen molar-refractivity contribution in [2.45, 2.75) is 19.0 Å². The fourth-order valence-electron chi connectivity index (χ4n) is 5.34. The van der Waals surface area contributed by atoms with Crippen LogP contribution in [0.2, 0.25) is 5.02 Å². The summed E-state index contributed by atoms with van der Waals surface area (Å²) in [6, 6.07) is 33.7. The summed E-state index contributed by atoms with van der Waals surface area (Å²) in [6.45, 7) is 4.07. The Morgan fingerprint density at radius 3 is 2.32 bits per heavy atom. The summed E-state index contributed by atoms with van der Waals surface area (Å²) in [5.74, 6) is -0.139. The number of benzene rings is 4. The van der Waals surface area contributed by atoms with Crippen LogP contribution in [0.4, 0.5) is 11.4 Å². The van der Waals surface area contributed by atoms with Crippen LogP contribution < -0.4 is 15.2 Å². The molecule has 2 aliphatic rings. The molecule has 6 nitrogen and oxygen atoms in total. The van der Waals surface area contributed by atoms with E-state index in [0.29, 0.717) is 10.7 Å². The smallest absolute Gasteiger partial charge is 0.278 e. The van der Waals surface area contributed by atoms with Crippen LogP contribution in [0.25, 0.3) is 17.0 Å². The monoisotopic (exact) mass is 575 g/mol. The number of para-hydroxylation sites is 2. The van der Waals surface area contributed by atoms with Crippen LogP contribution in [0.5, 0.6) is 0 Å². The lowest BCUT2D eigenvalue weighted by Crippen LogP contribution is -2.59. The van der Waals surface area contributed by atoms with E-state index in [1.54, 1.807) is 0 Å². The van der Waals surface area contributed by atoms with Crippen molar-refractivity contribution in [2.75, 3.05) is 9.91 Å². The molecule has 202 valence electrons. The predicted molar refractivity (Wildman–Crippen MR) is 170 cm³/mol. The quantitative estimate of drug-likeness (QED) is 0.216. The molecule has 0 radical (unpaired) electrons. The molecular weight excluding hydrogens is 550 g/mol. The fourth-order valence-corrected chi connectivity index (χ4v) is 6.79. The first-order valence-electron chi connectivity index (χ1n) is 13.3. The van der Waals surface area contributed by atoms with Gasteiger partial charge in [0, 0.05) is 38.4 Å². The van der Waals surface area contributed by atoms with Gasteiger partial charge >= 0.3 is 0 Å². The van der Waals surface area contributed by atoms with E-state index in [0.717, 1.165) is 49.7 Å². The van der Waals surface area contributed by atoms with Crippen molar-refractivity contribution >= 4 is 62.7 Å². The Morgan fingerprint density at radius 1 is 0.854 bits per heavy atom. The van der Waals surface area contributed by atoms with Gasteiger partial charge in [-0.1, -0.05) is 77.8 Å². The number of H-pyrrole nitrogens is 1. The highest BCUT2D eigenvalue weighted by Crippen LogP contribution is 2.49. The highest BCUT2D eigenvalue weighted by Gasteiger charge is 2.58. The van der Waals surface area contributed by atoms with Crippen LogP contribution in [0, 0.1) is 13.8 Å². The molecule has 1 unspecified atom stereocenters. The standard InChI is InChI=1S/C33H26ClN5OS/c1-21-12-18-25(19-13-21)38-32(40)30(20-28-22(2)35-29-11-7-6-10-27(28)29)36-33(38)39(26-8-4-3-5-9-26)37-31(41-33)23-14-16-24(34)17-15-23/h3-20,35-36H,1-2H3/b30-20-. The van der Waals surface area contributed by atoms with Gasteiger partial charge in [0.2, 0.25) is 0 Å². The van der Waals surface area contributed by atoms with Gasteiger partial charge in [-0.15, -0.1) is 0 Å². The second-order valence-electron chi connectivity index (χ2n) is 10.1. The van der Waals surface area contributed by atoms with Gasteiger partial charge in [-0.05, 0) is 74.1 Å². The lowest BCUT2D eigenvalue weighted by Gasteiger charge is -2.39. The number of amides is 1. The summed E-state index contributed by atoms with van der Waals surface area (Å²) < 4.78 is 0. The van der Waals surface area contributed by atoms with Crippen LogP contribution >= 0.6 is 23.4 Å². The number of aryl methyl sites for hydroxylation is 2. The van der Waals surface area contributed by atoms with E-state index >= 15 is 0 Å². The maximum atomic E-state index is 14.5. The van der Waals surface area contributed by atoms with Crippen molar-refractivity contribution in [2.24, 2.45) is 5.10 Å². The van der Waals surface area contributed by atoms with Crippen LogP contribution in [-0.2, 0) is 4.79 Å². The van der Waals surface area contributed by atoms with Gasteiger partial charge in [0.15, 0.2) is 0 Å². The minimum atomic E-state index is -1.09. The fraction of sp³-hybridized carbons (Fsp3) is 0.0909. The molecule has 1 fully saturated rings. The Kier molecular flexibility index (Phi) is 6.14. The molecule has 0 aliphatic carbocycles. The molecule has 3 heterocycles. The summed E-state index contributed by atoms with van der Waals surface area (Å²) >= 11 is 7.70. The van der Waals surface area contributed by atoms with Crippen molar-refractivity contribution in [1.82, 2.24) is 10.3 Å². The molecule has 7 rings (SSSR count). The third-order valence-corrected chi connectivity index (χ3v) is 8.87. The highest BCUT2D eigenvalue weighted by molar-refractivity contribution is 8.16. The number of rotatable bonds is 4. The summed E-state index contributed by atoms with van der Waals surface area (Å²) in [6.07, 6.45) is 1.95. The molecule has 1 spiro atoms. The normalized spacial score (nSPS) is 19.4. The van der Waals surface area contributed by atoms with E-state index in [9.17, 15) is 4.79 Å². The summed E-state index contributed by atoms with van der Waals surface area (Å²) in [5.41, 5.74) is 7.14. The zero-order chi connectivity index (χ0) is 28.1. The Labute approximate surface area is 247 Å². The second-order valence-corrected chi connectivity index (χ2v) is 11.7. The van der Waals surface area contributed by atoms with E-state index in [-0.39, 0.29) is 5.91 Å². The topological polar surface area (TPSA) is 63.7 Å². The number of hydrazone groups is 1.